The summed E-state index contributed by atoms with van der Waals surface area (Å²) >= 11 is 0. The molecule has 0 bridgehead atoms. The Hall–Kier alpha value is -1.84. The van der Waals surface area contributed by atoms with Crippen molar-refractivity contribution in [2.24, 2.45) is 0 Å². The average molecular weight is 160 g/mol. The second kappa shape index (κ2) is 4.90. The third kappa shape index (κ3) is 2.09. The number of benzene rings is 1. The molecular formula is C9H8N2O. The lowest BCUT2D eigenvalue weighted by Gasteiger charge is -1.96. The Morgan fingerprint density at radius 1 is 1.00 bits per heavy atom. The second-order valence-electron chi connectivity index (χ2n) is 2.10. The monoisotopic (exact) mass is 160 g/mol. The molecule has 0 heterocycles. The van der Waals surface area contributed by atoms with Crippen LogP contribution in [0.3, 0.4) is 0 Å². The molecule has 0 amide bonds. The first-order valence-corrected chi connectivity index (χ1v) is 3.22. The van der Waals surface area contributed by atoms with Gasteiger partial charge < -0.3 is 5.48 Å². The number of nitrogens with zero attached hydrogens (tertiary/aromatic N) is 2. The van der Waals surface area contributed by atoms with E-state index in [1.807, 2.05) is 30.3 Å². The standard InChI is InChI=1S/C9H6N2.H2O/c10-6-9(7-11)8-4-2-1-3-5-8;/h1-5,9H;1H2. The van der Waals surface area contributed by atoms with E-state index in [1.54, 1.807) is 12.1 Å². The van der Waals surface area contributed by atoms with Gasteiger partial charge in [0.25, 0.3) is 0 Å². The van der Waals surface area contributed by atoms with Crippen LogP contribution in [0.4, 0.5) is 0 Å². The highest BCUT2D eigenvalue weighted by atomic mass is 16.0. The van der Waals surface area contributed by atoms with Crippen LogP contribution in [0, 0.1) is 22.7 Å². The van der Waals surface area contributed by atoms with E-state index in [9.17, 15) is 0 Å². The van der Waals surface area contributed by atoms with Gasteiger partial charge in [0, 0.05) is 0 Å². The summed E-state index contributed by atoms with van der Waals surface area (Å²) in [5.41, 5.74) is 0.762. The fourth-order valence-corrected chi connectivity index (χ4v) is 0.823. The van der Waals surface area contributed by atoms with Crippen LogP contribution in [0.5, 0.6) is 0 Å². The fourth-order valence-electron chi connectivity index (χ4n) is 0.823. The quantitative estimate of drug-likeness (QED) is 0.614. The lowest BCUT2D eigenvalue weighted by atomic mass is 10.0. The van der Waals surface area contributed by atoms with Crippen LogP contribution in [0.2, 0.25) is 0 Å². The van der Waals surface area contributed by atoms with Crippen molar-refractivity contribution in [3.8, 4) is 12.1 Å². The van der Waals surface area contributed by atoms with Gasteiger partial charge in [-0.2, -0.15) is 10.5 Å². The summed E-state index contributed by atoms with van der Waals surface area (Å²) < 4.78 is 0. The zero-order chi connectivity index (χ0) is 8.10. The topological polar surface area (TPSA) is 79.1 Å². The minimum Gasteiger partial charge on any atom is -0.412 e. The van der Waals surface area contributed by atoms with Gasteiger partial charge in [0.15, 0.2) is 5.92 Å². The molecule has 2 N–H and O–H groups in total. The molecule has 0 spiro atoms. The van der Waals surface area contributed by atoms with Crippen molar-refractivity contribution in [2.45, 2.75) is 5.92 Å². The first-order valence-electron chi connectivity index (χ1n) is 3.22. The summed E-state index contributed by atoms with van der Waals surface area (Å²) in [7, 11) is 0. The molecule has 1 aromatic rings. The Morgan fingerprint density at radius 2 is 1.50 bits per heavy atom. The average Bonchev–Trinajstić information content (AvgIpc) is 2.09. The highest BCUT2D eigenvalue weighted by Crippen LogP contribution is 2.11. The van der Waals surface area contributed by atoms with Crippen molar-refractivity contribution in [1.29, 1.82) is 10.5 Å². The van der Waals surface area contributed by atoms with Gasteiger partial charge in [0.05, 0.1) is 12.1 Å². The van der Waals surface area contributed by atoms with Gasteiger partial charge in [-0.1, -0.05) is 30.3 Å². The zero-order valence-corrected chi connectivity index (χ0v) is 6.36. The summed E-state index contributed by atoms with van der Waals surface area (Å²) in [6.07, 6.45) is 0. The van der Waals surface area contributed by atoms with Gasteiger partial charge in [0.1, 0.15) is 0 Å². The van der Waals surface area contributed by atoms with Crippen molar-refractivity contribution >= 4 is 0 Å². The molecule has 60 valence electrons. The Balaban J connectivity index is 0.00000121. The van der Waals surface area contributed by atoms with E-state index in [2.05, 4.69) is 0 Å². The van der Waals surface area contributed by atoms with Gasteiger partial charge in [-0.15, -0.1) is 0 Å². The van der Waals surface area contributed by atoms with Crippen LogP contribution in [-0.4, -0.2) is 5.48 Å². The molecule has 0 aliphatic rings. The van der Waals surface area contributed by atoms with Crippen LogP contribution in [0.1, 0.15) is 11.5 Å². The van der Waals surface area contributed by atoms with Crippen molar-refractivity contribution in [3.05, 3.63) is 35.9 Å². The van der Waals surface area contributed by atoms with Crippen molar-refractivity contribution in [3.63, 3.8) is 0 Å². The SMILES string of the molecule is N#CC(C#N)c1ccccc1.O. The first kappa shape index (κ1) is 10.2. The van der Waals surface area contributed by atoms with Gasteiger partial charge >= 0.3 is 0 Å². The predicted molar refractivity (Wildman–Crippen MR) is 44.0 cm³/mol. The number of rotatable bonds is 1. The minimum absolute atomic E-state index is 0. The molecule has 1 aromatic carbocycles. The van der Waals surface area contributed by atoms with E-state index in [4.69, 9.17) is 10.5 Å². The summed E-state index contributed by atoms with van der Waals surface area (Å²) in [6.45, 7) is 0. The van der Waals surface area contributed by atoms with E-state index in [-0.39, 0.29) is 5.48 Å². The zero-order valence-electron chi connectivity index (χ0n) is 6.36. The van der Waals surface area contributed by atoms with Crippen molar-refractivity contribution in [1.82, 2.24) is 0 Å². The molecule has 0 radical (unpaired) electrons. The molecule has 0 aromatic heterocycles. The summed E-state index contributed by atoms with van der Waals surface area (Å²) in [5, 5.41) is 17.0. The van der Waals surface area contributed by atoms with E-state index in [0.717, 1.165) is 5.56 Å². The van der Waals surface area contributed by atoms with E-state index in [1.165, 1.54) is 0 Å². The van der Waals surface area contributed by atoms with Crippen LogP contribution in [0.15, 0.2) is 30.3 Å². The second-order valence-corrected chi connectivity index (χ2v) is 2.10. The number of hydrogen-bond donors (Lipinski definition) is 0. The molecule has 0 aliphatic heterocycles. The van der Waals surface area contributed by atoms with Gasteiger partial charge in [-0.3, -0.25) is 0 Å². The largest absolute Gasteiger partial charge is 0.412 e. The summed E-state index contributed by atoms with van der Waals surface area (Å²) in [6, 6.07) is 12.9. The molecular weight excluding hydrogens is 152 g/mol. The normalized spacial score (nSPS) is 7.92. The Labute approximate surface area is 70.8 Å². The third-order valence-corrected chi connectivity index (χ3v) is 1.39. The minimum atomic E-state index is -0.629. The van der Waals surface area contributed by atoms with Gasteiger partial charge in [0.2, 0.25) is 0 Å². The van der Waals surface area contributed by atoms with Crippen LogP contribution in [0.25, 0.3) is 0 Å². The fraction of sp³-hybridized carbons (Fsp3) is 0.111. The highest BCUT2D eigenvalue weighted by molar-refractivity contribution is 5.30. The molecule has 12 heavy (non-hydrogen) atoms. The highest BCUT2D eigenvalue weighted by Gasteiger charge is 2.06. The van der Waals surface area contributed by atoms with Crippen molar-refractivity contribution in [2.75, 3.05) is 0 Å². The van der Waals surface area contributed by atoms with E-state index >= 15 is 0 Å². The van der Waals surface area contributed by atoms with E-state index < -0.39 is 5.92 Å². The summed E-state index contributed by atoms with van der Waals surface area (Å²) in [5.74, 6) is -0.629. The maximum atomic E-state index is 8.51. The number of hydrogen-bond acceptors (Lipinski definition) is 2. The van der Waals surface area contributed by atoms with Gasteiger partial charge in [-0.25, -0.2) is 0 Å². The maximum Gasteiger partial charge on any atom is 0.158 e. The predicted octanol–water partition coefficient (Wildman–Crippen LogP) is 0.993. The lowest BCUT2D eigenvalue weighted by molar-refractivity contribution is 0.824. The Morgan fingerprint density at radius 3 is 1.92 bits per heavy atom. The molecule has 1 rings (SSSR count). The van der Waals surface area contributed by atoms with E-state index in [0.29, 0.717) is 0 Å². The Bertz CT molecular complexity index is 294. The molecule has 3 heteroatoms. The van der Waals surface area contributed by atoms with Crippen LogP contribution >= 0.6 is 0 Å². The van der Waals surface area contributed by atoms with Crippen molar-refractivity contribution < 1.29 is 5.48 Å². The molecule has 0 saturated carbocycles. The molecule has 0 unspecified atom stereocenters. The molecule has 0 aliphatic carbocycles. The lowest BCUT2D eigenvalue weighted by Crippen LogP contribution is -1.89. The van der Waals surface area contributed by atoms with Crippen LogP contribution < -0.4 is 0 Å². The third-order valence-electron chi connectivity index (χ3n) is 1.39. The summed E-state index contributed by atoms with van der Waals surface area (Å²) in [4.78, 5) is 0. The molecule has 0 saturated heterocycles. The molecule has 3 nitrogen and oxygen atoms in total. The molecule has 0 fully saturated rings. The maximum absolute atomic E-state index is 8.51. The Kier molecular flexibility index (Phi) is 4.15. The number of nitriles is 2. The van der Waals surface area contributed by atoms with Crippen LogP contribution in [-0.2, 0) is 0 Å². The van der Waals surface area contributed by atoms with Gasteiger partial charge in [-0.05, 0) is 5.56 Å². The molecule has 0 atom stereocenters. The smallest absolute Gasteiger partial charge is 0.158 e. The first-order chi connectivity index (χ1) is 5.38.